The standard InChI is InChI=1S/C36H34N4O5S/c41-32-15-14-31(35(44)38-32)40-21-28-18-27(12-13-30(28)36(40)45)34(43)37-19-23-8-10-24(11-9-23)20-39(33(42)22-46)17-16-26-6-3-5-25-4-1-2-7-29(25)26/h1-13,18,31,46H,14-17,19-22H2,(H,37,43)(H,38,41,44). The van der Waals surface area contributed by atoms with E-state index in [9.17, 15) is 24.0 Å². The van der Waals surface area contributed by atoms with E-state index in [0.29, 0.717) is 36.3 Å². The summed E-state index contributed by atoms with van der Waals surface area (Å²) in [6.07, 6.45) is 1.20. The average molecular weight is 635 g/mol. The van der Waals surface area contributed by atoms with Crippen LogP contribution in [0.4, 0.5) is 0 Å². The molecule has 46 heavy (non-hydrogen) atoms. The Morgan fingerprint density at radius 3 is 2.48 bits per heavy atom. The second-order valence-corrected chi connectivity index (χ2v) is 11.9. The van der Waals surface area contributed by atoms with Crippen molar-refractivity contribution in [2.45, 2.75) is 44.9 Å². The summed E-state index contributed by atoms with van der Waals surface area (Å²) >= 11 is 4.24. The molecule has 0 aromatic heterocycles. The molecule has 0 saturated carbocycles. The second kappa shape index (κ2) is 13.6. The maximum Gasteiger partial charge on any atom is 0.255 e. The van der Waals surface area contributed by atoms with Gasteiger partial charge in [-0.25, -0.2) is 0 Å². The molecule has 6 rings (SSSR count). The lowest BCUT2D eigenvalue weighted by molar-refractivity contribution is -0.137. The molecular weight excluding hydrogens is 600 g/mol. The normalized spacial score (nSPS) is 15.9. The van der Waals surface area contributed by atoms with E-state index in [2.05, 4.69) is 47.5 Å². The fraction of sp³-hybridized carbons (Fsp3) is 0.250. The van der Waals surface area contributed by atoms with Crippen molar-refractivity contribution in [1.82, 2.24) is 20.4 Å². The molecule has 2 aliphatic rings. The average Bonchev–Trinajstić information content (AvgIpc) is 3.40. The third-order valence-electron chi connectivity index (χ3n) is 8.65. The van der Waals surface area contributed by atoms with Gasteiger partial charge in [-0.1, -0.05) is 66.7 Å². The van der Waals surface area contributed by atoms with Crippen molar-refractivity contribution < 1.29 is 24.0 Å². The van der Waals surface area contributed by atoms with Gasteiger partial charge in [0.05, 0.1) is 5.75 Å². The lowest BCUT2D eigenvalue weighted by atomic mass is 10.0. The molecule has 2 aliphatic heterocycles. The highest BCUT2D eigenvalue weighted by Gasteiger charge is 2.39. The highest BCUT2D eigenvalue weighted by Crippen LogP contribution is 2.28. The van der Waals surface area contributed by atoms with Gasteiger partial charge in [0.2, 0.25) is 17.7 Å². The molecule has 0 radical (unpaired) electrons. The summed E-state index contributed by atoms with van der Waals surface area (Å²) in [6.45, 7) is 1.54. The Bertz CT molecular complexity index is 1830. The Labute approximate surface area is 272 Å². The van der Waals surface area contributed by atoms with E-state index >= 15 is 0 Å². The van der Waals surface area contributed by atoms with Crippen molar-refractivity contribution in [3.8, 4) is 0 Å². The summed E-state index contributed by atoms with van der Waals surface area (Å²) in [7, 11) is 0. The number of imide groups is 1. The molecule has 1 atom stereocenters. The van der Waals surface area contributed by atoms with E-state index in [1.54, 1.807) is 18.2 Å². The minimum absolute atomic E-state index is 0.0313. The number of benzene rings is 4. The van der Waals surface area contributed by atoms with Crippen LogP contribution in [0.1, 0.15) is 55.8 Å². The van der Waals surface area contributed by atoms with Gasteiger partial charge >= 0.3 is 0 Å². The summed E-state index contributed by atoms with van der Waals surface area (Å²) in [6, 6.07) is 26.5. The number of nitrogens with zero attached hydrogens (tertiary/aromatic N) is 2. The molecule has 234 valence electrons. The van der Waals surface area contributed by atoms with Gasteiger partial charge in [0.25, 0.3) is 11.8 Å². The van der Waals surface area contributed by atoms with E-state index in [4.69, 9.17) is 0 Å². The minimum atomic E-state index is -0.704. The van der Waals surface area contributed by atoms with Crippen LogP contribution in [-0.4, -0.2) is 57.7 Å². The second-order valence-electron chi connectivity index (χ2n) is 11.6. The smallest absolute Gasteiger partial charge is 0.255 e. The van der Waals surface area contributed by atoms with Gasteiger partial charge in [-0.15, -0.1) is 0 Å². The molecule has 4 aromatic carbocycles. The third kappa shape index (κ3) is 6.67. The molecule has 9 nitrogen and oxygen atoms in total. The minimum Gasteiger partial charge on any atom is -0.348 e. The molecule has 4 aromatic rings. The highest BCUT2D eigenvalue weighted by molar-refractivity contribution is 7.81. The molecule has 5 amide bonds. The Balaban J connectivity index is 1.04. The van der Waals surface area contributed by atoms with Crippen molar-refractivity contribution >= 4 is 52.9 Å². The molecule has 0 bridgehead atoms. The van der Waals surface area contributed by atoms with Crippen LogP contribution in [0.2, 0.25) is 0 Å². The summed E-state index contributed by atoms with van der Waals surface area (Å²) in [4.78, 5) is 65.8. The van der Waals surface area contributed by atoms with Crippen molar-refractivity contribution in [3.63, 3.8) is 0 Å². The van der Waals surface area contributed by atoms with Gasteiger partial charge in [-0.3, -0.25) is 29.3 Å². The Kier molecular flexibility index (Phi) is 9.16. The van der Waals surface area contributed by atoms with Crippen LogP contribution >= 0.6 is 12.6 Å². The molecular formula is C36H34N4O5S. The van der Waals surface area contributed by atoms with Crippen LogP contribution in [0, 0.1) is 0 Å². The lowest BCUT2D eigenvalue weighted by Crippen LogP contribution is -2.52. The maximum absolute atomic E-state index is 13.0. The molecule has 2 heterocycles. The summed E-state index contributed by atoms with van der Waals surface area (Å²) < 4.78 is 0. The highest BCUT2D eigenvalue weighted by atomic mass is 32.1. The van der Waals surface area contributed by atoms with Crippen molar-refractivity contribution in [1.29, 1.82) is 0 Å². The number of thiol groups is 1. The number of hydrogen-bond acceptors (Lipinski definition) is 6. The number of piperidine rings is 1. The van der Waals surface area contributed by atoms with E-state index < -0.39 is 11.9 Å². The van der Waals surface area contributed by atoms with Gasteiger partial charge in [0.15, 0.2) is 0 Å². The Hall–Kier alpha value is -4.96. The maximum atomic E-state index is 13.0. The lowest BCUT2D eigenvalue weighted by Gasteiger charge is -2.29. The van der Waals surface area contributed by atoms with Gasteiger partial charge in [0.1, 0.15) is 6.04 Å². The number of hydrogen-bond donors (Lipinski definition) is 3. The first-order valence-corrected chi connectivity index (χ1v) is 15.9. The SMILES string of the molecule is O=C1CCC(N2Cc3cc(C(=O)NCc4ccc(CN(CCc5cccc6ccccc56)C(=O)CS)cc4)ccc3C2=O)C(=O)N1. The third-order valence-corrected chi connectivity index (χ3v) is 8.92. The fourth-order valence-corrected chi connectivity index (χ4v) is 6.34. The number of rotatable bonds is 10. The number of nitrogens with one attached hydrogen (secondary N) is 2. The first-order chi connectivity index (χ1) is 22.3. The molecule has 2 N–H and O–H groups in total. The first-order valence-electron chi connectivity index (χ1n) is 15.3. The van der Waals surface area contributed by atoms with E-state index in [-0.39, 0.29) is 48.8 Å². The zero-order chi connectivity index (χ0) is 32.2. The summed E-state index contributed by atoms with van der Waals surface area (Å²) in [5.74, 6) is -1.26. The van der Waals surface area contributed by atoms with Crippen molar-refractivity contribution in [2.75, 3.05) is 12.3 Å². The molecule has 0 spiro atoms. The Morgan fingerprint density at radius 1 is 0.935 bits per heavy atom. The van der Waals surface area contributed by atoms with E-state index in [0.717, 1.165) is 17.5 Å². The van der Waals surface area contributed by atoms with Crippen molar-refractivity contribution in [3.05, 3.63) is 118 Å². The van der Waals surface area contributed by atoms with Crippen LogP contribution in [0.15, 0.2) is 84.9 Å². The summed E-state index contributed by atoms with van der Waals surface area (Å²) in [5.41, 5.74) is 4.63. The van der Waals surface area contributed by atoms with Crippen LogP contribution in [0.5, 0.6) is 0 Å². The van der Waals surface area contributed by atoms with Crippen LogP contribution in [0.25, 0.3) is 10.8 Å². The number of amides is 5. The molecule has 1 unspecified atom stereocenters. The zero-order valence-corrected chi connectivity index (χ0v) is 26.1. The number of fused-ring (bicyclic) bond motifs is 2. The van der Waals surface area contributed by atoms with Gasteiger partial charge in [-0.2, -0.15) is 12.6 Å². The van der Waals surface area contributed by atoms with Gasteiger partial charge in [-0.05, 0) is 64.1 Å². The van der Waals surface area contributed by atoms with Crippen LogP contribution < -0.4 is 10.6 Å². The summed E-state index contributed by atoms with van der Waals surface area (Å²) in [5, 5.41) is 7.60. The predicted octanol–water partition coefficient (Wildman–Crippen LogP) is 4.03. The first kappa shape index (κ1) is 31.0. The van der Waals surface area contributed by atoms with Crippen LogP contribution in [-0.2, 0) is 40.4 Å². The number of carbonyl (C=O) groups excluding carboxylic acids is 5. The van der Waals surface area contributed by atoms with E-state index in [1.165, 1.54) is 21.2 Å². The van der Waals surface area contributed by atoms with Gasteiger partial charge in [0, 0.05) is 43.7 Å². The fourth-order valence-electron chi connectivity index (χ4n) is 6.14. The Morgan fingerprint density at radius 2 is 1.70 bits per heavy atom. The zero-order valence-electron chi connectivity index (χ0n) is 25.2. The molecule has 1 fully saturated rings. The monoisotopic (exact) mass is 634 g/mol. The topological polar surface area (TPSA) is 116 Å². The largest absolute Gasteiger partial charge is 0.348 e. The predicted molar refractivity (Wildman–Crippen MR) is 177 cm³/mol. The molecule has 1 saturated heterocycles. The number of carbonyl (C=O) groups is 5. The van der Waals surface area contributed by atoms with Crippen LogP contribution in [0.3, 0.4) is 0 Å². The van der Waals surface area contributed by atoms with E-state index in [1.807, 2.05) is 47.4 Å². The molecule has 10 heteroatoms. The quantitative estimate of drug-likeness (QED) is 0.180. The van der Waals surface area contributed by atoms with Gasteiger partial charge < -0.3 is 15.1 Å². The molecule has 0 aliphatic carbocycles. The van der Waals surface area contributed by atoms with Crippen molar-refractivity contribution in [2.24, 2.45) is 0 Å².